The molecular formula is C21H15Br2N3O3. The molecule has 2 heterocycles. The molecule has 4 rings (SSSR count). The van der Waals surface area contributed by atoms with E-state index in [2.05, 4.69) is 42.4 Å². The van der Waals surface area contributed by atoms with Crippen molar-refractivity contribution in [2.75, 3.05) is 7.11 Å². The molecule has 6 nitrogen and oxygen atoms in total. The molecular weight excluding hydrogens is 502 g/mol. The lowest BCUT2D eigenvalue weighted by Gasteiger charge is -2.07. The van der Waals surface area contributed by atoms with Gasteiger partial charge in [-0.05, 0) is 70.5 Å². The number of halogens is 2. The molecule has 0 bridgehead atoms. The topological polar surface area (TPSA) is 68.8 Å². The molecule has 0 saturated carbocycles. The number of ether oxygens (including phenoxy) is 1. The van der Waals surface area contributed by atoms with E-state index in [9.17, 15) is 4.79 Å². The van der Waals surface area contributed by atoms with Gasteiger partial charge >= 0.3 is 5.91 Å². The number of methoxy groups -OCH3 is 1. The van der Waals surface area contributed by atoms with Gasteiger partial charge in [0, 0.05) is 21.7 Å². The first-order valence-electron chi connectivity index (χ1n) is 8.59. The molecule has 1 N–H and O–H groups in total. The predicted molar refractivity (Wildman–Crippen MR) is 119 cm³/mol. The second-order valence-electron chi connectivity index (χ2n) is 6.12. The van der Waals surface area contributed by atoms with Crippen LogP contribution in [0.1, 0.15) is 16.2 Å². The summed E-state index contributed by atoms with van der Waals surface area (Å²) < 4.78 is 14.4. The molecule has 1 amide bonds. The Morgan fingerprint density at radius 1 is 1.17 bits per heavy atom. The van der Waals surface area contributed by atoms with Crippen molar-refractivity contribution in [3.8, 4) is 11.4 Å². The minimum atomic E-state index is -0.428. The van der Waals surface area contributed by atoms with Gasteiger partial charge in [-0.3, -0.25) is 4.79 Å². The van der Waals surface area contributed by atoms with Crippen LogP contribution >= 0.6 is 31.9 Å². The number of hydrogen-bond acceptors (Lipinski definition) is 4. The van der Waals surface area contributed by atoms with E-state index in [4.69, 9.17) is 9.15 Å². The van der Waals surface area contributed by atoms with Gasteiger partial charge in [0.1, 0.15) is 11.3 Å². The Morgan fingerprint density at radius 3 is 2.72 bits per heavy atom. The summed E-state index contributed by atoms with van der Waals surface area (Å²) >= 11 is 6.85. The second kappa shape index (κ2) is 8.26. The van der Waals surface area contributed by atoms with E-state index >= 15 is 0 Å². The number of benzene rings is 2. The summed E-state index contributed by atoms with van der Waals surface area (Å²) in [6.07, 6.45) is 3.50. The highest BCUT2D eigenvalue weighted by atomic mass is 79.9. The number of fused-ring (bicyclic) bond motifs is 1. The van der Waals surface area contributed by atoms with Crippen molar-refractivity contribution in [1.29, 1.82) is 0 Å². The van der Waals surface area contributed by atoms with Crippen LogP contribution in [0, 0.1) is 0 Å². The average Bonchev–Trinajstić information content (AvgIpc) is 3.35. The quantitative estimate of drug-likeness (QED) is 0.280. The largest absolute Gasteiger partial charge is 0.497 e. The van der Waals surface area contributed by atoms with E-state index in [-0.39, 0.29) is 5.76 Å². The van der Waals surface area contributed by atoms with E-state index in [0.29, 0.717) is 5.58 Å². The molecule has 0 spiro atoms. The molecule has 0 unspecified atom stereocenters. The van der Waals surface area contributed by atoms with Crippen LogP contribution in [0.25, 0.3) is 16.7 Å². The number of rotatable bonds is 5. The average molecular weight is 517 g/mol. The maximum Gasteiger partial charge on any atom is 0.307 e. The van der Waals surface area contributed by atoms with Gasteiger partial charge in [-0.1, -0.05) is 15.9 Å². The van der Waals surface area contributed by atoms with Crippen molar-refractivity contribution >= 4 is 55.0 Å². The van der Waals surface area contributed by atoms with E-state index in [1.165, 1.54) is 0 Å². The number of nitrogens with zero attached hydrogens (tertiary/aromatic N) is 2. The second-order valence-corrected chi connectivity index (χ2v) is 7.89. The Kier molecular flexibility index (Phi) is 5.55. The molecule has 0 saturated heterocycles. The summed E-state index contributed by atoms with van der Waals surface area (Å²) in [7, 11) is 1.63. The first-order chi connectivity index (χ1) is 14.0. The van der Waals surface area contributed by atoms with Crippen LogP contribution in [-0.2, 0) is 0 Å². The Bertz CT molecular complexity index is 1210. The van der Waals surface area contributed by atoms with Crippen LogP contribution in [0.15, 0.2) is 79.3 Å². The fourth-order valence-corrected chi connectivity index (χ4v) is 4.22. The Hall–Kier alpha value is -2.84. The monoisotopic (exact) mass is 515 g/mol. The van der Waals surface area contributed by atoms with Crippen molar-refractivity contribution in [3.63, 3.8) is 0 Å². The molecule has 0 atom stereocenters. The number of carbonyl (C=O) groups is 1. The Labute approximate surface area is 183 Å². The normalized spacial score (nSPS) is 11.3. The smallest absolute Gasteiger partial charge is 0.307 e. The van der Waals surface area contributed by atoms with Crippen molar-refractivity contribution in [1.82, 2.24) is 9.99 Å². The summed E-state index contributed by atoms with van der Waals surface area (Å²) in [5, 5.41) is 4.88. The van der Waals surface area contributed by atoms with Crippen LogP contribution in [0.2, 0.25) is 0 Å². The first kappa shape index (κ1) is 19.5. The van der Waals surface area contributed by atoms with Gasteiger partial charge in [-0.15, -0.1) is 0 Å². The first-order valence-corrected chi connectivity index (χ1v) is 10.2. The molecule has 0 radical (unpaired) electrons. The number of aromatic nitrogens is 1. The zero-order valence-corrected chi connectivity index (χ0v) is 18.4. The molecule has 0 aliphatic carbocycles. The standard InChI is InChI=1S/C21H15Br2N3O3/c1-28-17-6-4-15(5-7-17)26-8-2-3-16(26)12-24-25-21(27)19-10-13-9-14(22)11-18(23)20(13)29-19/h2-12H,1H3,(H,25,27)/b24-12-. The van der Waals surface area contributed by atoms with Gasteiger partial charge in [0.15, 0.2) is 5.76 Å². The van der Waals surface area contributed by atoms with Crippen molar-refractivity contribution in [2.45, 2.75) is 0 Å². The zero-order valence-electron chi connectivity index (χ0n) is 15.2. The van der Waals surface area contributed by atoms with Gasteiger partial charge in [0.25, 0.3) is 0 Å². The highest BCUT2D eigenvalue weighted by Crippen LogP contribution is 2.31. The molecule has 2 aromatic carbocycles. The summed E-state index contributed by atoms with van der Waals surface area (Å²) in [6.45, 7) is 0. The molecule has 0 fully saturated rings. The van der Waals surface area contributed by atoms with Gasteiger partial charge in [-0.2, -0.15) is 5.10 Å². The minimum Gasteiger partial charge on any atom is -0.497 e. The SMILES string of the molecule is COc1ccc(-n2cccc2/C=N\NC(=O)c2cc3cc(Br)cc(Br)c3o2)cc1. The summed E-state index contributed by atoms with van der Waals surface area (Å²) in [5.74, 6) is 0.539. The minimum absolute atomic E-state index is 0.182. The van der Waals surface area contributed by atoms with Crippen LogP contribution in [0.4, 0.5) is 0 Å². The Morgan fingerprint density at radius 2 is 1.97 bits per heavy atom. The molecule has 4 aromatic rings. The van der Waals surface area contributed by atoms with Crippen LogP contribution < -0.4 is 10.2 Å². The number of nitrogens with one attached hydrogen (secondary N) is 1. The molecule has 29 heavy (non-hydrogen) atoms. The lowest BCUT2D eigenvalue weighted by atomic mass is 10.2. The molecule has 2 aromatic heterocycles. The summed E-state index contributed by atoms with van der Waals surface area (Å²) in [5.41, 5.74) is 4.88. The third kappa shape index (κ3) is 4.13. The lowest BCUT2D eigenvalue weighted by Crippen LogP contribution is -2.17. The van der Waals surface area contributed by atoms with Gasteiger partial charge in [0.2, 0.25) is 0 Å². The van der Waals surface area contributed by atoms with E-state index in [0.717, 1.165) is 31.5 Å². The maximum absolute atomic E-state index is 12.4. The fourth-order valence-electron chi connectivity index (χ4n) is 2.88. The number of carbonyl (C=O) groups excluding carboxylic acids is 1. The summed E-state index contributed by atoms with van der Waals surface area (Å²) in [4.78, 5) is 12.4. The van der Waals surface area contributed by atoms with E-state index in [1.807, 2.05) is 59.3 Å². The third-order valence-electron chi connectivity index (χ3n) is 4.25. The lowest BCUT2D eigenvalue weighted by molar-refractivity contribution is 0.0929. The van der Waals surface area contributed by atoms with Crippen LogP contribution in [-0.4, -0.2) is 23.8 Å². The van der Waals surface area contributed by atoms with Crippen LogP contribution in [0.5, 0.6) is 5.75 Å². The van der Waals surface area contributed by atoms with Crippen molar-refractivity contribution < 1.29 is 13.9 Å². The number of hydrazone groups is 1. The molecule has 8 heteroatoms. The van der Waals surface area contributed by atoms with Crippen LogP contribution in [0.3, 0.4) is 0 Å². The third-order valence-corrected chi connectivity index (χ3v) is 5.30. The zero-order chi connectivity index (χ0) is 20.4. The molecule has 0 aliphatic rings. The molecule has 146 valence electrons. The highest BCUT2D eigenvalue weighted by Gasteiger charge is 2.14. The molecule has 0 aliphatic heterocycles. The number of hydrogen-bond donors (Lipinski definition) is 1. The van der Waals surface area contributed by atoms with Crippen molar-refractivity contribution in [2.24, 2.45) is 5.10 Å². The van der Waals surface area contributed by atoms with Gasteiger partial charge in [0.05, 0.1) is 23.5 Å². The van der Waals surface area contributed by atoms with E-state index < -0.39 is 5.91 Å². The highest BCUT2D eigenvalue weighted by molar-refractivity contribution is 9.11. The number of furan rings is 1. The predicted octanol–water partition coefficient (Wildman–Crippen LogP) is 5.52. The van der Waals surface area contributed by atoms with Gasteiger partial charge < -0.3 is 13.7 Å². The Balaban J connectivity index is 1.50. The number of amides is 1. The van der Waals surface area contributed by atoms with Crippen molar-refractivity contribution in [3.05, 3.63) is 81.2 Å². The fraction of sp³-hybridized carbons (Fsp3) is 0.0476. The maximum atomic E-state index is 12.4. The van der Waals surface area contributed by atoms with Gasteiger partial charge in [-0.25, -0.2) is 5.43 Å². The van der Waals surface area contributed by atoms with E-state index in [1.54, 1.807) is 19.4 Å². The summed E-state index contributed by atoms with van der Waals surface area (Å²) in [6, 6.07) is 16.9.